The van der Waals surface area contributed by atoms with Crippen molar-refractivity contribution in [2.24, 2.45) is 11.5 Å². The predicted molar refractivity (Wildman–Crippen MR) is 73.6 cm³/mol. The number of unbranched alkanes of at least 4 members (excludes halogenated alkanes) is 1. The molecule has 0 unspecified atom stereocenters. The molecule has 20 heavy (non-hydrogen) atoms. The van der Waals surface area contributed by atoms with Gasteiger partial charge in [0.15, 0.2) is 0 Å². The maximum atomic E-state index is 11.7. The third kappa shape index (κ3) is 7.17. The first-order valence-electron chi connectivity index (χ1n) is 6.58. The molecule has 0 aromatic heterocycles. The van der Waals surface area contributed by atoms with Crippen LogP contribution in [0.3, 0.4) is 0 Å². The predicted octanol–water partition coefficient (Wildman–Crippen LogP) is -2.38. The second-order valence-corrected chi connectivity index (χ2v) is 4.57. The molecule has 8 heteroatoms. The number of nitrogens with two attached hydrogens (primary N) is 2. The van der Waals surface area contributed by atoms with Crippen LogP contribution >= 0.6 is 0 Å². The van der Waals surface area contributed by atoms with Gasteiger partial charge in [-0.15, -0.1) is 0 Å². The Labute approximate surface area is 118 Å². The van der Waals surface area contributed by atoms with Gasteiger partial charge in [0, 0.05) is 0 Å². The zero-order valence-corrected chi connectivity index (χ0v) is 11.7. The van der Waals surface area contributed by atoms with Crippen molar-refractivity contribution < 1.29 is 19.5 Å². The lowest BCUT2D eigenvalue weighted by molar-refractivity contribution is -0.131. The van der Waals surface area contributed by atoms with Gasteiger partial charge in [-0.2, -0.15) is 0 Å². The SMILES string of the molecule is C[C@@H](C=O)NC(=O)[C@H](CO)NC(=O)[C@@H](N)CCCCN. The van der Waals surface area contributed by atoms with Crippen molar-refractivity contribution in [2.45, 2.75) is 44.3 Å². The first kappa shape index (κ1) is 18.5. The molecular formula is C12H24N4O4. The van der Waals surface area contributed by atoms with E-state index < -0.39 is 36.5 Å². The Morgan fingerprint density at radius 2 is 1.90 bits per heavy atom. The van der Waals surface area contributed by atoms with E-state index in [1.165, 1.54) is 6.92 Å². The van der Waals surface area contributed by atoms with Crippen LogP contribution in [0, 0.1) is 0 Å². The summed E-state index contributed by atoms with van der Waals surface area (Å²) in [6, 6.07) is -2.57. The summed E-state index contributed by atoms with van der Waals surface area (Å²) in [7, 11) is 0. The van der Waals surface area contributed by atoms with E-state index in [-0.39, 0.29) is 0 Å². The number of hydrogen-bond donors (Lipinski definition) is 5. The topological polar surface area (TPSA) is 148 Å². The average molecular weight is 288 g/mol. The van der Waals surface area contributed by atoms with Gasteiger partial charge < -0.3 is 32.0 Å². The van der Waals surface area contributed by atoms with Crippen LogP contribution in [0.4, 0.5) is 0 Å². The van der Waals surface area contributed by atoms with Crippen LogP contribution in [0.2, 0.25) is 0 Å². The monoisotopic (exact) mass is 288 g/mol. The van der Waals surface area contributed by atoms with E-state index in [4.69, 9.17) is 16.6 Å². The highest BCUT2D eigenvalue weighted by Crippen LogP contribution is 1.98. The molecule has 0 saturated heterocycles. The van der Waals surface area contributed by atoms with Crippen LogP contribution in [-0.2, 0) is 14.4 Å². The normalized spacial score (nSPS) is 15.0. The lowest BCUT2D eigenvalue weighted by Crippen LogP contribution is -2.54. The van der Waals surface area contributed by atoms with Crippen LogP contribution in [-0.4, -0.2) is 54.5 Å². The van der Waals surface area contributed by atoms with Gasteiger partial charge >= 0.3 is 0 Å². The van der Waals surface area contributed by atoms with Gasteiger partial charge in [0.25, 0.3) is 0 Å². The smallest absolute Gasteiger partial charge is 0.245 e. The molecule has 7 N–H and O–H groups in total. The van der Waals surface area contributed by atoms with Crippen molar-refractivity contribution in [3.05, 3.63) is 0 Å². The molecule has 0 aromatic rings. The van der Waals surface area contributed by atoms with E-state index in [0.717, 1.165) is 6.42 Å². The van der Waals surface area contributed by atoms with Crippen LogP contribution in [0.25, 0.3) is 0 Å². The summed E-state index contributed by atoms with van der Waals surface area (Å²) in [5, 5.41) is 13.8. The summed E-state index contributed by atoms with van der Waals surface area (Å²) >= 11 is 0. The number of aliphatic hydroxyl groups excluding tert-OH is 1. The minimum atomic E-state index is -1.12. The third-order valence-corrected chi connectivity index (χ3v) is 2.70. The van der Waals surface area contributed by atoms with Gasteiger partial charge in [-0.05, 0) is 26.3 Å². The lowest BCUT2D eigenvalue weighted by Gasteiger charge is -2.19. The molecule has 3 atom stereocenters. The fourth-order valence-electron chi connectivity index (χ4n) is 1.47. The van der Waals surface area contributed by atoms with Gasteiger partial charge in [0.1, 0.15) is 12.3 Å². The molecule has 0 aromatic carbocycles. The highest BCUT2D eigenvalue weighted by molar-refractivity contribution is 5.90. The molecule has 0 aliphatic heterocycles. The van der Waals surface area contributed by atoms with Gasteiger partial charge in [-0.25, -0.2) is 0 Å². The second kappa shape index (κ2) is 10.3. The zero-order valence-electron chi connectivity index (χ0n) is 11.7. The standard InChI is InChI=1S/C12H24N4O4/c1-8(6-17)15-12(20)10(7-18)16-11(19)9(14)4-2-3-5-13/h6,8-10,18H,2-5,7,13-14H2,1H3,(H,15,20)(H,16,19)/t8-,9-,10-/m0/s1. The van der Waals surface area contributed by atoms with Crippen molar-refractivity contribution >= 4 is 18.1 Å². The lowest BCUT2D eigenvalue weighted by atomic mass is 10.1. The summed E-state index contributed by atoms with van der Waals surface area (Å²) in [6.45, 7) is 1.44. The molecule has 0 heterocycles. The molecular weight excluding hydrogens is 264 g/mol. The van der Waals surface area contributed by atoms with Crippen molar-refractivity contribution in [1.82, 2.24) is 10.6 Å². The zero-order chi connectivity index (χ0) is 15.5. The maximum absolute atomic E-state index is 11.7. The van der Waals surface area contributed by atoms with Gasteiger partial charge in [-0.3, -0.25) is 9.59 Å². The first-order valence-corrected chi connectivity index (χ1v) is 6.58. The van der Waals surface area contributed by atoms with E-state index in [0.29, 0.717) is 25.7 Å². The molecule has 0 aliphatic rings. The summed E-state index contributed by atoms with van der Waals surface area (Å²) < 4.78 is 0. The number of rotatable bonds is 10. The summed E-state index contributed by atoms with van der Waals surface area (Å²) in [4.78, 5) is 33.8. The van der Waals surface area contributed by atoms with E-state index in [1.54, 1.807) is 0 Å². The van der Waals surface area contributed by atoms with Crippen LogP contribution in [0.15, 0.2) is 0 Å². The van der Waals surface area contributed by atoms with Crippen molar-refractivity contribution in [3.63, 3.8) is 0 Å². The molecule has 0 saturated carbocycles. The summed E-state index contributed by atoms with van der Waals surface area (Å²) in [6.07, 6.45) is 2.48. The Balaban J connectivity index is 4.29. The van der Waals surface area contributed by atoms with Crippen LogP contribution in [0.5, 0.6) is 0 Å². The Hall–Kier alpha value is -1.51. The van der Waals surface area contributed by atoms with E-state index >= 15 is 0 Å². The third-order valence-electron chi connectivity index (χ3n) is 2.70. The van der Waals surface area contributed by atoms with Crippen molar-refractivity contribution in [3.8, 4) is 0 Å². The van der Waals surface area contributed by atoms with Gasteiger partial charge in [-0.1, -0.05) is 6.42 Å². The average Bonchev–Trinajstić information content (AvgIpc) is 2.43. The number of amides is 2. The van der Waals surface area contributed by atoms with Crippen molar-refractivity contribution in [1.29, 1.82) is 0 Å². The first-order chi connectivity index (χ1) is 9.46. The molecule has 2 amide bonds. The highest BCUT2D eigenvalue weighted by atomic mass is 16.3. The number of aliphatic hydroxyl groups is 1. The molecule has 8 nitrogen and oxygen atoms in total. The van der Waals surface area contributed by atoms with E-state index in [1.807, 2.05) is 0 Å². The Bertz CT molecular complexity index is 325. The number of aldehydes is 1. The number of carbonyl (C=O) groups excluding carboxylic acids is 3. The molecule has 0 rings (SSSR count). The fraction of sp³-hybridized carbons (Fsp3) is 0.750. The Morgan fingerprint density at radius 3 is 2.40 bits per heavy atom. The fourth-order valence-corrected chi connectivity index (χ4v) is 1.47. The molecule has 0 aliphatic carbocycles. The Morgan fingerprint density at radius 1 is 1.25 bits per heavy atom. The molecule has 0 radical (unpaired) electrons. The highest BCUT2D eigenvalue weighted by Gasteiger charge is 2.23. The van der Waals surface area contributed by atoms with Crippen LogP contribution < -0.4 is 22.1 Å². The largest absolute Gasteiger partial charge is 0.394 e. The van der Waals surface area contributed by atoms with Crippen molar-refractivity contribution in [2.75, 3.05) is 13.2 Å². The minimum Gasteiger partial charge on any atom is -0.394 e. The van der Waals surface area contributed by atoms with Gasteiger partial charge in [0.2, 0.25) is 11.8 Å². The number of carbonyl (C=O) groups is 3. The van der Waals surface area contributed by atoms with E-state index in [9.17, 15) is 14.4 Å². The van der Waals surface area contributed by atoms with Crippen LogP contribution in [0.1, 0.15) is 26.2 Å². The van der Waals surface area contributed by atoms with E-state index in [2.05, 4.69) is 10.6 Å². The minimum absolute atomic E-state index is 0.452. The summed E-state index contributed by atoms with van der Waals surface area (Å²) in [5.41, 5.74) is 11.0. The number of hydrogen-bond acceptors (Lipinski definition) is 6. The second-order valence-electron chi connectivity index (χ2n) is 4.57. The van der Waals surface area contributed by atoms with Gasteiger partial charge in [0.05, 0.1) is 18.7 Å². The molecule has 116 valence electrons. The Kier molecular flexibility index (Phi) is 9.52. The maximum Gasteiger partial charge on any atom is 0.245 e. The molecule has 0 bridgehead atoms. The summed E-state index contributed by atoms with van der Waals surface area (Å²) in [5.74, 6) is -1.15. The molecule has 0 spiro atoms. The number of nitrogens with one attached hydrogen (secondary N) is 2. The quantitative estimate of drug-likeness (QED) is 0.224. The molecule has 0 fully saturated rings.